The van der Waals surface area contributed by atoms with Gasteiger partial charge in [-0.1, -0.05) is 0 Å². The summed E-state index contributed by atoms with van der Waals surface area (Å²) in [6.07, 6.45) is 1.82. The summed E-state index contributed by atoms with van der Waals surface area (Å²) in [5, 5.41) is 19.3. The number of amides is 7. The van der Waals surface area contributed by atoms with Gasteiger partial charge in [-0.15, -0.1) is 0 Å². The Hall–Kier alpha value is -5.74. The number of rotatable bonds is 22. The first kappa shape index (κ1) is 44.4. The van der Waals surface area contributed by atoms with Crippen molar-refractivity contribution in [2.75, 3.05) is 39.3 Å². The van der Waals surface area contributed by atoms with Crippen LogP contribution in [0.4, 0.5) is 0 Å². The van der Waals surface area contributed by atoms with Crippen molar-refractivity contribution in [3.63, 3.8) is 0 Å². The number of hydrogen-bond acceptors (Lipinski definition) is 11. The largest absolute Gasteiger partial charge is 0.480 e. The molecule has 0 unspecified atom stereocenters. The minimum atomic E-state index is -1.33. The first-order valence-electron chi connectivity index (χ1n) is 17.6. The smallest absolute Gasteiger partial charge is 0.326 e. The minimum absolute atomic E-state index is 0.0574. The number of primary amides is 1. The normalized spacial score (nSPS) is 18.0. The van der Waals surface area contributed by atoms with Gasteiger partial charge in [0.25, 0.3) is 0 Å². The molecule has 54 heavy (non-hydrogen) atoms. The Bertz CT molecular complexity index is 1430. The quantitative estimate of drug-likeness (QED) is 0.0278. The van der Waals surface area contributed by atoms with E-state index >= 15 is 0 Å². The molecule has 7 amide bonds. The lowest BCUT2D eigenvalue weighted by Crippen LogP contribution is -2.57. The van der Waals surface area contributed by atoms with Crippen LogP contribution in [0.25, 0.3) is 0 Å². The van der Waals surface area contributed by atoms with Crippen LogP contribution in [0.3, 0.4) is 0 Å². The van der Waals surface area contributed by atoms with Gasteiger partial charge in [0.15, 0.2) is 11.9 Å². The number of hydrogen-bond donors (Lipinski definition) is 11. The van der Waals surface area contributed by atoms with E-state index < -0.39 is 90.6 Å². The van der Waals surface area contributed by atoms with Gasteiger partial charge in [-0.05, 0) is 57.8 Å². The van der Waals surface area contributed by atoms with Crippen LogP contribution in [0.2, 0.25) is 0 Å². The van der Waals surface area contributed by atoms with E-state index in [1.54, 1.807) is 0 Å². The maximum atomic E-state index is 13.9. The monoisotopic (exact) mass is 766 g/mol. The third-order valence-electron chi connectivity index (χ3n) is 8.73. The third-order valence-corrected chi connectivity index (χ3v) is 8.73. The highest BCUT2D eigenvalue weighted by molar-refractivity contribution is 5.96. The summed E-state index contributed by atoms with van der Waals surface area (Å²) in [4.78, 5) is 112. The van der Waals surface area contributed by atoms with Crippen molar-refractivity contribution in [2.45, 2.75) is 94.4 Å². The summed E-state index contributed by atoms with van der Waals surface area (Å²) in [7, 11) is 0. The van der Waals surface area contributed by atoms with Gasteiger partial charge in [0, 0.05) is 32.6 Å². The Balaban J connectivity index is 2.10. The van der Waals surface area contributed by atoms with Gasteiger partial charge in [-0.25, -0.2) is 4.79 Å². The number of likely N-dealkylation sites (tertiary alicyclic amines) is 2. The van der Waals surface area contributed by atoms with Crippen molar-refractivity contribution in [3.8, 4) is 0 Å². The zero-order chi connectivity index (χ0) is 40.4. The lowest BCUT2D eigenvalue weighted by molar-refractivity contribution is -0.148. The van der Waals surface area contributed by atoms with Crippen molar-refractivity contribution < 1.29 is 43.5 Å². The number of guanidine groups is 2. The van der Waals surface area contributed by atoms with E-state index in [-0.39, 0.29) is 83.0 Å². The average molecular weight is 767 g/mol. The Labute approximate surface area is 311 Å². The fourth-order valence-electron chi connectivity index (χ4n) is 5.99. The van der Waals surface area contributed by atoms with Crippen LogP contribution in [0, 0.1) is 0 Å². The SMILES string of the molecule is NC(=O)CC[C@H](NC(=O)[C@@H]1CCCN1C(=O)[C@H](CCCN=C(N)N)NC(=O)CNC(=O)[C@@H](N)CCCN=C(N)N)C(=O)NCC(=O)N1CCC[C@H]1C(=O)O. The lowest BCUT2D eigenvalue weighted by atomic mass is 10.1. The number of carboxylic acids is 1. The Morgan fingerprint density at radius 3 is 1.87 bits per heavy atom. The Morgan fingerprint density at radius 2 is 1.28 bits per heavy atom. The van der Waals surface area contributed by atoms with Crippen molar-refractivity contribution in [2.24, 2.45) is 44.4 Å². The molecule has 5 atom stereocenters. The van der Waals surface area contributed by atoms with E-state index in [2.05, 4.69) is 31.3 Å². The van der Waals surface area contributed by atoms with Crippen LogP contribution in [0.15, 0.2) is 9.98 Å². The highest BCUT2D eigenvalue weighted by atomic mass is 16.4. The molecule has 0 aromatic heterocycles. The zero-order valence-corrected chi connectivity index (χ0v) is 30.2. The first-order chi connectivity index (χ1) is 25.5. The molecule has 0 bridgehead atoms. The van der Waals surface area contributed by atoms with E-state index in [1.165, 1.54) is 4.90 Å². The molecule has 2 fully saturated rings. The van der Waals surface area contributed by atoms with E-state index in [4.69, 9.17) is 34.4 Å². The van der Waals surface area contributed by atoms with Crippen LogP contribution >= 0.6 is 0 Å². The van der Waals surface area contributed by atoms with Crippen LogP contribution in [-0.4, -0.2) is 144 Å². The second-order valence-electron chi connectivity index (χ2n) is 12.9. The molecule has 0 spiro atoms. The van der Waals surface area contributed by atoms with Crippen LogP contribution in [0.5, 0.6) is 0 Å². The van der Waals surface area contributed by atoms with Gasteiger partial charge in [0.05, 0.1) is 19.1 Å². The molecule has 2 aliphatic heterocycles. The number of nitrogens with zero attached hydrogens (tertiary/aromatic N) is 4. The summed E-state index contributed by atoms with van der Waals surface area (Å²) >= 11 is 0. The van der Waals surface area contributed by atoms with Gasteiger partial charge in [0.2, 0.25) is 41.4 Å². The number of carbonyl (C=O) groups excluding carboxylic acids is 7. The molecule has 2 saturated heterocycles. The van der Waals surface area contributed by atoms with E-state index in [1.807, 2.05) is 0 Å². The van der Waals surface area contributed by atoms with Crippen molar-refractivity contribution in [3.05, 3.63) is 0 Å². The van der Waals surface area contributed by atoms with E-state index in [0.29, 0.717) is 19.3 Å². The molecule has 0 radical (unpaired) electrons. The van der Waals surface area contributed by atoms with Crippen LogP contribution in [0.1, 0.15) is 64.2 Å². The number of carboxylic acid groups (broad SMARTS) is 1. The molecular weight excluding hydrogens is 712 g/mol. The van der Waals surface area contributed by atoms with Crippen molar-refractivity contribution in [1.29, 1.82) is 0 Å². The van der Waals surface area contributed by atoms with Crippen molar-refractivity contribution in [1.82, 2.24) is 31.1 Å². The Morgan fingerprint density at radius 1 is 0.704 bits per heavy atom. The topological polar surface area (TPSA) is 392 Å². The second-order valence-corrected chi connectivity index (χ2v) is 12.9. The summed E-state index contributed by atoms with van der Waals surface area (Å²) in [6.45, 7) is -0.315. The highest BCUT2D eigenvalue weighted by Gasteiger charge is 2.39. The molecule has 2 rings (SSSR count). The standard InChI is InChI=1S/C31H54N14O9/c32-17(5-1-11-38-30(34)35)25(49)40-15-23(47)42-19(6-2-12-39-31(36)37)28(52)45-14-3-7-20(45)27(51)43-18(9-10-22(33)46)26(50)41-16-24(48)44-13-4-8-21(44)29(53)54/h17-21H,1-16,32H2,(H2,33,46)(H,40,49)(H,41,50)(H,42,47)(H,43,51)(H,53,54)(H4,34,35,38)(H4,36,37,39)/t17-,18-,19-,20-,21-/m0/s1. The lowest BCUT2D eigenvalue weighted by Gasteiger charge is -2.30. The number of nitrogens with one attached hydrogen (secondary N) is 4. The van der Waals surface area contributed by atoms with Gasteiger partial charge < -0.3 is 70.6 Å². The average Bonchev–Trinajstić information content (AvgIpc) is 3.81. The second kappa shape index (κ2) is 22.4. The first-order valence-corrected chi connectivity index (χ1v) is 17.6. The number of aliphatic carboxylic acids is 1. The molecule has 2 aliphatic rings. The summed E-state index contributed by atoms with van der Waals surface area (Å²) in [5.41, 5.74) is 32.5. The molecule has 302 valence electrons. The van der Waals surface area contributed by atoms with Gasteiger partial charge >= 0.3 is 5.97 Å². The molecule has 0 aromatic carbocycles. The predicted molar refractivity (Wildman–Crippen MR) is 193 cm³/mol. The Kier molecular flexibility index (Phi) is 18.4. The fourth-order valence-corrected chi connectivity index (χ4v) is 5.99. The van der Waals surface area contributed by atoms with E-state index in [0.717, 1.165) is 4.90 Å². The van der Waals surface area contributed by atoms with Crippen LogP contribution < -0.4 is 55.7 Å². The minimum Gasteiger partial charge on any atom is -0.480 e. The van der Waals surface area contributed by atoms with E-state index in [9.17, 15) is 43.5 Å². The molecular formula is C31H54N14O9. The maximum Gasteiger partial charge on any atom is 0.326 e. The molecule has 17 N–H and O–H groups in total. The molecule has 23 heteroatoms. The highest BCUT2D eigenvalue weighted by Crippen LogP contribution is 2.21. The number of aliphatic imine (C=N–C) groups is 2. The summed E-state index contributed by atoms with van der Waals surface area (Å²) in [6, 6.07) is -5.53. The fraction of sp³-hybridized carbons (Fsp3) is 0.677. The summed E-state index contributed by atoms with van der Waals surface area (Å²) < 4.78 is 0. The molecule has 23 nitrogen and oxygen atoms in total. The zero-order valence-electron chi connectivity index (χ0n) is 30.2. The van der Waals surface area contributed by atoms with Gasteiger partial charge in [-0.3, -0.25) is 43.5 Å². The third kappa shape index (κ3) is 15.1. The predicted octanol–water partition coefficient (Wildman–Crippen LogP) is -6.05. The molecule has 0 saturated carbocycles. The van der Waals surface area contributed by atoms with Crippen LogP contribution in [-0.2, 0) is 38.4 Å². The van der Waals surface area contributed by atoms with Gasteiger partial charge in [-0.2, -0.15) is 0 Å². The maximum absolute atomic E-state index is 13.9. The summed E-state index contributed by atoms with van der Waals surface area (Å²) in [5.74, 6) is -6.29. The van der Waals surface area contributed by atoms with Crippen molar-refractivity contribution >= 4 is 59.2 Å². The molecule has 0 aromatic rings. The molecule has 0 aliphatic carbocycles. The van der Waals surface area contributed by atoms with Gasteiger partial charge in [0.1, 0.15) is 24.2 Å². The number of nitrogens with two attached hydrogens (primary N) is 6. The number of carbonyl (C=O) groups is 8. The molecule has 2 heterocycles.